The van der Waals surface area contributed by atoms with Gasteiger partial charge in [-0.2, -0.15) is 13.2 Å². The van der Waals surface area contributed by atoms with Crippen molar-refractivity contribution < 1.29 is 32.4 Å². The van der Waals surface area contributed by atoms with Gasteiger partial charge in [-0.25, -0.2) is 4.79 Å². The van der Waals surface area contributed by atoms with Gasteiger partial charge in [0.15, 0.2) is 0 Å². The largest absolute Gasteiger partial charge is 0.490 e. The molecule has 0 aromatic carbocycles. The van der Waals surface area contributed by atoms with E-state index in [4.69, 9.17) is 24.9 Å². The van der Waals surface area contributed by atoms with Gasteiger partial charge in [0.1, 0.15) is 0 Å². The van der Waals surface area contributed by atoms with Gasteiger partial charge in [0.2, 0.25) is 0 Å². The molecule has 4 fully saturated rings. The summed E-state index contributed by atoms with van der Waals surface area (Å²) in [6.07, 6.45) is -2.39. The quantitative estimate of drug-likeness (QED) is 0.736. The van der Waals surface area contributed by atoms with Gasteiger partial charge >= 0.3 is 19.3 Å². The number of aliphatic carboxylic acids is 1. The molecule has 0 amide bonds. The summed E-state index contributed by atoms with van der Waals surface area (Å²) in [6.45, 7) is 11.3. The van der Waals surface area contributed by atoms with Crippen LogP contribution < -0.4 is 5.73 Å². The van der Waals surface area contributed by atoms with Crippen LogP contribution in [0.1, 0.15) is 47.5 Å². The number of alkyl halides is 3. The summed E-state index contributed by atoms with van der Waals surface area (Å²) in [5.74, 6) is -0.960. The Kier molecular flexibility index (Phi) is 5.27. The van der Waals surface area contributed by atoms with Crippen LogP contribution >= 0.6 is 0 Å². The summed E-state index contributed by atoms with van der Waals surface area (Å²) in [4.78, 5) is 8.90. The first-order chi connectivity index (χ1) is 11.2. The predicted octanol–water partition coefficient (Wildman–Crippen LogP) is 2.87. The van der Waals surface area contributed by atoms with E-state index < -0.39 is 12.1 Å². The minimum atomic E-state index is -5.08. The highest BCUT2D eigenvalue weighted by Gasteiger charge is 2.68. The van der Waals surface area contributed by atoms with Crippen LogP contribution in [0.3, 0.4) is 0 Å². The lowest BCUT2D eigenvalue weighted by Crippen LogP contribution is -2.65. The second-order valence-electron chi connectivity index (χ2n) is 8.46. The first kappa shape index (κ1) is 20.5. The Morgan fingerprint density at radius 1 is 1.28 bits per heavy atom. The van der Waals surface area contributed by atoms with Gasteiger partial charge in [-0.15, -0.1) is 0 Å². The van der Waals surface area contributed by atoms with Crippen molar-refractivity contribution in [3.63, 3.8) is 0 Å². The van der Waals surface area contributed by atoms with Gasteiger partial charge in [0.25, 0.3) is 0 Å². The zero-order chi connectivity index (χ0) is 19.4. The van der Waals surface area contributed by atoms with Crippen LogP contribution in [0.4, 0.5) is 13.2 Å². The Morgan fingerprint density at radius 2 is 1.80 bits per heavy atom. The highest BCUT2D eigenvalue weighted by molar-refractivity contribution is 6.47. The summed E-state index contributed by atoms with van der Waals surface area (Å²) >= 11 is 0. The third kappa shape index (κ3) is 3.55. The van der Waals surface area contributed by atoms with E-state index in [0.717, 1.165) is 12.3 Å². The Balaban J connectivity index is 0.000000277. The number of nitrogens with two attached hydrogens (primary N) is 1. The second-order valence-corrected chi connectivity index (χ2v) is 8.46. The molecule has 2 bridgehead atoms. The first-order valence-electron chi connectivity index (χ1n) is 8.60. The molecular weight excluding hydrogens is 338 g/mol. The molecule has 4 aliphatic rings. The van der Waals surface area contributed by atoms with Crippen LogP contribution in [-0.4, -0.2) is 42.0 Å². The summed E-state index contributed by atoms with van der Waals surface area (Å²) in [6, 6.07) is 0. The molecule has 144 valence electrons. The number of carboxylic acids is 1. The average Bonchev–Trinajstić information content (AvgIpc) is 2.82. The molecule has 9 heteroatoms. The van der Waals surface area contributed by atoms with Crippen LogP contribution in [0.2, 0.25) is 0 Å². The highest BCUT2D eigenvalue weighted by Crippen LogP contribution is 2.65. The molecule has 0 radical (unpaired) electrons. The molecule has 3 saturated carbocycles. The first-order valence-corrected chi connectivity index (χ1v) is 8.60. The van der Waals surface area contributed by atoms with Crippen molar-refractivity contribution in [2.24, 2.45) is 28.9 Å². The molecule has 25 heavy (non-hydrogen) atoms. The van der Waals surface area contributed by atoms with Crippen molar-refractivity contribution in [1.29, 1.82) is 0 Å². The molecule has 1 saturated heterocycles. The van der Waals surface area contributed by atoms with E-state index in [9.17, 15) is 13.2 Å². The van der Waals surface area contributed by atoms with Crippen LogP contribution in [0, 0.1) is 23.2 Å². The van der Waals surface area contributed by atoms with Crippen molar-refractivity contribution in [3.8, 4) is 0 Å². The molecule has 5 atom stereocenters. The number of halogens is 3. The molecule has 4 rings (SSSR count). The van der Waals surface area contributed by atoms with E-state index in [1.165, 1.54) is 6.42 Å². The van der Waals surface area contributed by atoms with Gasteiger partial charge in [0, 0.05) is 5.94 Å². The topological polar surface area (TPSA) is 81.8 Å². The van der Waals surface area contributed by atoms with Crippen molar-refractivity contribution in [3.05, 3.63) is 0 Å². The minimum Gasteiger partial charge on any atom is -0.475 e. The summed E-state index contributed by atoms with van der Waals surface area (Å²) < 4.78 is 44.2. The van der Waals surface area contributed by atoms with Gasteiger partial charge in [-0.1, -0.05) is 27.7 Å². The smallest absolute Gasteiger partial charge is 0.475 e. The Hall–Kier alpha value is -0.795. The average molecular weight is 365 g/mol. The lowest BCUT2D eigenvalue weighted by atomic mass is 9.43. The Morgan fingerprint density at radius 3 is 2.20 bits per heavy atom. The molecule has 1 unspecified atom stereocenters. The van der Waals surface area contributed by atoms with Gasteiger partial charge in [-0.05, 0) is 42.9 Å². The summed E-state index contributed by atoms with van der Waals surface area (Å²) in [5, 5.41) is 7.12. The van der Waals surface area contributed by atoms with Crippen molar-refractivity contribution in [1.82, 2.24) is 0 Å². The van der Waals surface area contributed by atoms with Crippen molar-refractivity contribution in [2.75, 3.05) is 0 Å². The van der Waals surface area contributed by atoms with E-state index in [1.807, 2.05) is 0 Å². The lowest BCUT2D eigenvalue weighted by Gasteiger charge is -2.64. The normalized spacial score (nSPS) is 36.9. The highest BCUT2D eigenvalue weighted by atomic mass is 19.4. The molecule has 1 heterocycles. The van der Waals surface area contributed by atoms with Crippen molar-refractivity contribution in [2.45, 2.75) is 71.3 Å². The zero-order valence-corrected chi connectivity index (χ0v) is 15.3. The maximum atomic E-state index is 10.6. The third-order valence-corrected chi connectivity index (χ3v) is 6.30. The molecule has 3 aliphatic carbocycles. The van der Waals surface area contributed by atoms with Crippen LogP contribution in [0.5, 0.6) is 0 Å². The second kappa shape index (κ2) is 6.42. The van der Waals surface area contributed by atoms with E-state index in [-0.39, 0.29) is 24.8 Å². The SMILES string of the molecule is CC(C)C(N)B1O[C@H]2C[C@@H]3C[C@@H](C3(C)C)[C@]2(C)O1.O=C(O)C(F)(F)F. The fourth-order valence-electron chi connectivity index (χ4n) is 4.38. The molecule has 0 spiro atoms. The van der Waals surface area contributed by atoms with Gasteiger partial charge in [0.05, 0.1) is 11.7 Å². The van der Waals surface area contributed by atoms with Crippen LogP contribution in [0.25, 0.3) is 0 Å². The molecule has 3 N–H and O–H groups in total. The molecular formula is C16H27BF3NO4. The summed E-state index contributed by atoms with van der Waals surface area (Å²) in [5.41, 5.74) is 6.50. The number of rotatable bonds is 2. The Labute approximate surface area is 146 Å². The van der Waals surface area contributed by atoms with E-state index >= 15 is 0 Å². The van der Waals surface area contributed by atoms with Crippen LogP contribution in [-0.2, 0) is 14.1 Å². The number of hydrogen-bond donors (Lipinski definition) is 2. The Bertz CT molecular complexity index is 528. The number of carboxylic acid groups (broad SMARTS) is 1. The standard InChI is InChI=1S/C14H26BNO2.C2HF3O2/c1-8(2)12(16)15-17-11-7-9-6-10(13(9,3)4)14(11,5)18-15;3-2(4,5)1(6)7/h8-12H,6-7,16H2,1-5H3;(H,6,7)/t9-,10-,11-,12?,14-;/m0./s1. The van der Waals surface area contributed by atoms with E-state index in [1.54, 1.807) is 0 Å². The van der Waals surface area contributed by atoms with Gasteiger partial charge < -0.3 is 20.1 Å². The molecule has 1 aliphatic heterocycles. The zero-order valence-electron chi connectivity index (χ0n) is 15.3. The maximum Gasteiger partial charge on any atom is 0.490 e. The third-order valence-electron chi connectivity index (χ3n) is 6.30. The minimum absolute atomic E-state index is 0.0206. The fraction of sp³-hybridized carbons (Fsp3) is 0.938. The van der Waals surface area contributed by atoms with Gasteiger partial charge in [-0.3, -0.25) is 0 Å². The summed E-state index contributed by atoms with van der Waals surface area (Å²) in [7, 11) is -0.213. The van der Waals surface area contributed by atoms with E-state index in [2.05, 4.69) is 34.6 Å². The maximum absolute atomic E-state index is 10.6. The van der Waals surface area contributed by atoms with Crippen LogP contribution in [0.15, 0.2) is 0 Å². The predicted molar refractivity (Wildman–Crippen MR) is 86.6 cm³/mol. The van der Waals surface area contributed by atoms with E-state index in [0.29, 0.717) is 17.3 Å². The molecule has 5 nitrogen and oxygen atoms in total. The monoisotopic (exact) mass is 365 g/mol. The van der Waals surface area contributed by atoms with Crippen molar-refractivity contribution >= 4 is 13.1 Å². The fourth-order valence-corrected chi connectivity index (χ4v) is 4.38. The molecule has 0 aromatic heterocycles. The lowest BCUT2D eigenvalue weighted by molar-refractivity contribution is -0.199. The number of carbonyl (C=O) groups is 1. The molecule has 0 aromatic rings. The number of hydrogen-bond acceptors (Lipinski definition) is 4.